The summed E-state index contributed by atoms with van der Waals surface area (Å²) in [5.74, 6) is 0.647. The van der Waals surface area contributed by atoms with Gasteiger partial charge in [-0.05, 0) is 36.3 Å². The second-order valence-electron chi connectivity index (χ2n) is 6.19. The van der Waals surface area contributed by atoms with Gasteiger partial charge in [-0.1, -0.05) is 48.5 Å². The van der Waals surface area contributed by atoms with E-state index in [1.54, 1.807) is 19.3 Å². The van der Waals surface area contributed by atoms with E-state index in [9.17, 15) is 9.59 Å². The highest BCUT2D eigenvalue weighted by molar-refractivity contribution is 6.08. The molecule has 0 saturated heterocycles. The van der Waals surface area contributed by atoms with Crippen LogP contribution >= 0.6 is 0 Å². The summed E-state index contributed by atoms with van der Waals surface area (Å²) in [6.07, 6.45) is 4.89. The molecule has 0 aromatic heterocycles. The summed E-state index contributed by atoms with van der Waals surface area (Å²) in [5, 5.41) is 2.88. The van der Waals surface area contributed by atoms with Crippen molar-refractivity contribution in [3.8, 4) is 5.75 Å². The van der Waals surface area contributed by atoms with Crippen molar-refractivity contribution in [2.75, 3.05) is 13.7 Å². The summed E-state index contributed by atoms with van der Waals surface area (Å²) in [6.45, 7) is 2.55. The molecule has 1 N–H and O–H groups in total. The number of carbonyl (C=O) groups is 2. The first-order valence-electron chi connectivity index (χ1n) is 8.83. The molecule has 0 bridgehead atoms. The van der Waals surface area contributed by atoms with E-state index in [0.29, 0.717) is 12.2 Å². The lowest BCUT2D eigenvalue weighted by Crippen LogP contribution is -2.43. The largest absolute Gasteiger partial charge is 0.494 e. The molecule has 1 heterocycles. The second kappa shape index (κ2) is 8.36. The van der Waals surface area contributed by atoms with Crippen LogP contribution in [0.15, 0.2) is 72.4 Å². The number of hydrogen-bond acceptors (Lipinski definition) is 3. The molecule has 0 saturated carbocycles. The van der Waals surface area contributed by atoms with Gasteiger partial charge in [-0.15, -0.1) is 0 Å². The number of amides is 2. The molecule has 2 amide bonds. The molecule has 5 heteroatoms. The monoisotopic (exact) mass is 362 g/mol. The summed E-state index contributed by atoms with van der Waals surface area (Å²) in [5.41, 5.74) is 2.29. The number of allylic oxidation sites excluding steroid dienone is 1. The van der Waals surface area contributed by atoms with Gasteiger partial charge in [0.05, 0.1) is 12.6 Å². The van der Waals surface area contributed by atoms with Crippen LogP contribution < -0.4 is 10.1 Å². The highest BCUT2D eigenvalue weighted by Gasteiger charge is 2.29. The first kappa shape index (κ1) is 18.5. The maximum atomic E-state index is 12.8. The number of nitrogens with zero attached hydrogens (tertiary/aromatic N) is 1. The molecule has 0 spiro atoms. The minimum Gasteiger partial charge on any atom is -0.494 e. The summed E-state index contributed by atoms with van der Waals surface area (Å²) in [7, 11) is 1.62. The van der Waals surface area contributed by atoms with Crippen LogP contribution in [0.4, 0.5) is 4.79 Å². The number of ketones is 1. The number of urea groups is 1. The minimum absolute atomic E-state index is 0.149. The van der Waals surface area contributed by atoms with Crippen LogP contribution in [-0.2, 0) is 4.79 Å². The van der Waals surface area contributed by atoms with Gasteiger partial charge in [-0.3, -0.25) is 4.79 Å². The van der Waals surface area contributed by atoms with Gasteiger partial charge in [0, 0.05) is 18.8 Å². The van der Waals surface area contributed by atoms with Crippen molar-refractivity contribution < 1.29 is 14.3 Å². The van der Waals surface area contributed by atoms with E-state index in [4.69, 9.17) is 4.74 Å². The molecule has 1 unspecified atom stereocenters. The maximum Gasteiger partial charge on any atom is 0.321 e. The van der Waals surface area contributed by atoms with Crippen molar-refractivity contribution >= 4 is 17.9 Å². The lowest BCUT2D eigenvalue weighted by molar-refractivity contribution is -0.111. The zero-order chi connectivity index (χ0) is 19.2. The molecule has 0 aliphatic carbocycles. The van der Waals surface area contributed by atoms with Gasteiger partial charge in [-0.2, -0.15) is 0 Å². The number of nitrogens with one attached hydrogen (secondary N) is 1. The van der Waals surface area contributed by atoms with Crippen LogP contribution in [-0.4, -0.2) is 30.4 Å². The van der Waals surface area contributed by atoms with Crippen LogP contribution in [0.1, 0.15) is 24.1 Å². The Hall–Kier alpha value is -3.34. The number of hydrogen-bond donors (Lipinski definition) is 1. The standard InChI is InChI=1S/C22H22N2O3/c1-3-27-18-12-9-16(10-13-18)11-14-20(25)19-15-24(2)22(26)23-21(19)17-7-5-4-6-8-17/h4-15,21H,3H2,1-2H3,(H,23,26)/b14-11+. The molecule has 0 fully saturated rings. The molecule has 2 aromatic carbocycles. The Labute approximate surface area is 158 Å². The fourth-order valence-electron chi connectivity index (χ4n) is 2.87. The molecule has 0 radical (unpaired) electrons. The van der Waals surface area contributed by atoms with Crippen molar-refractivity contribution in [1.82, 2.24) is 10.2 Å². The van der Waals surface area contributed by atoms with E-state index >= 15 is 0 Å². The van der Waals surface area contributed by atoms with Crippen molar-refractivity contribution in [2.45, 2.75) is 13.0 Å². The summed E-state index contributed by atoms with van der Waals surface area (Å²) >= 11 is 0. The number of carbonyl (C=O) groups excluding carboxylic acids is 2. The maximum absolute atomic E-state index is 12.8. The highest BCUT2D eigenvalue weighted by atomic mass is 16.5. The predicted molar refractivity (Wildman–Crippen MR) is 105 cm³/mol. The van der Waals surface area contributed by atoms with E-state index in [0.717, 1.165) is 16.9 Å². The van der Waals surface area contributed by atoms with Gasteiger partial charge in [0.2, 0.25) is 0 Å². The molecule has 5 nitrogen and oxygen atoms in total. The van der Waals surface area contributed by atoms with E-state index in [1.165, 1.54) is 11.0 Å². The van der Waals surface area contributed by atoms with Crippen molar-refractivity contribution in [1.29, 1.82) is 0 Å². The molecule has 1 aliphatic heterocycles. The Morgan fingerprint density at radius 2 is 1.85 bits per heavy atom. The lowest BCUT2D eigenvalue weighted by Gasteiger charge is -2.29. The van der Waals surface area contributed by atoms with E-state index in [2.05, 4.69) is 5.32 Å². The Balaban J connectivity index is 1.82. The first-order valence-corrected chi connectivity index (χ1v) is 8.83. The van der Waals surface area contributed by atoms with Crippen LogP contribution in [0.2, 0.25) is 0 Å². The zero-order valence-corrected chi connectivity index (χ0v) is 15.4. The number of benzene rings is 2. The summed E-state index contributed by atoms with van der Waals surface area (Å²) in [6, 6.07) is 16.3. The van der Waals surface area contributed by atoms with E-state index in [1.807, 2.05) is 61.5 Å². The quantitative estimate of drug-likeness (QED) is 0.792. The van der Waals surface area contributed by atoms with Crippen LogP contribution in [0.25, 0.3) is 6.08 Å². The number of ether oxygens (including phenoxy) is 1. The van der Waals surface area contributed by atoms with Gasteiger partial charge >= 0.3 is 6.03 Å². The van der Waals surface area contributed by atoms with Crippen molar-refractivity contribution in [3.05, 3.63) is 83.6 Å². The van der Waals surface area contributed by atoms with Gasteiger partial charge in [0.15, 0.2) is 5.78 Å². The lowest BCUT2D eigenvalue weighted by atomic mass is 9.94. The zero-order valence-electron chi connectivity index (χ0n) is 15.4. The molecule has 3 rings (SSSR count). The predicted octanol–water partition coefficient (Wildman–Crippen LogP) is 3.95. The SMILES string of the molecule is CCOc1ccc(/C=C/C(=O)C2=CN(C)C(=O)NC2c2ccccc2)cc1. The van der Waals surface area contributed by atoms with Gasteiger partial charge < -0.3 is 15.0 Å². The Morgan fingerprint density at radius 1 is 1.15 bits per heavy atom. The third-order valence-electron chi connectivity index (χ3n) is 4.27. The summed E-state index contributed by atoms with van der Waals surface area (Å²) in [4.78, 5) is 26.2. The topological polar surface area (TPSA) is 58.6 Å². The Bertz CT molecular complexity index is 870. The molecule has 2 aromatic rings. The Kier molecular flexibility index (Phi) is 5.71. The first-order chi connectivity index (χ1) is 13.1. The molecule has 27 heavy (non-hydrogen) atoms. The average Bonchev–Trinajstić information content (AvgIpc) is 2.70. The third kappa shape index (κ3) is 4.44. The minimum atomic E-state index is -0.465. The van der Waals surface area contributed by atoms with E-state index in [-0.39, 0.29) is 11.8 Å². The van der Waals surface area contributed by atoms with Crippen LogP contribution in [0.3, 0.4) is 0 Å². The normalized spacial score (nSPS) is 16.8. The molecule has 138 valence electrons. The van der Waals surface area contributed by atoms with Crippen molar-refractivity contribution in [2.24, 2.45) is 0 Å². The van der Waals surface area contributed by atoms with Gasteiger partial charge in [0.25, 0.3) is 0 Å². The summed E-state index contributed by atoms with van der Waals surface area (Å²) < 4.78 is 5.42. The van der Waals surface area contributed by atoms with Crippen LogP contribution in [0, 0.1) is 0 Å². The molecule has 1 aliphatic rings. The number of rotatable bonds is 6. The third-order valence-corrected chi connectivity index (χ3v) is 4.27. The van der Waals surface area contributed by atoms with Gasteiger partial charge in [-0.25, -0.2) is 4.79 Å². The fourth-order valence-corrected chi connectivity index (χ4v) is 2.87. The van der Waals surface area contributed by atoms with E-state index < -0.39 is 6.04 Å². The van der Waals surface area contributed by atoms with Gasteiger partial charge in [0.1, 0.15) is 5.75 Å². The average molecular weight is 362 g/mol. The van der Waals surface area contributed by atoms with Crippen LogP contribution in [0.5, 0.6) is 5.75 Å². The molecule has 1 atom stereocenters. The smallest absolute Gasteiger partial charge is 0.321 e. The second-order valence-corrected chi connectivity index (χ2v) is 6.19. The molecular formula is C22H22N2O3. The fraction of sp³-hybridized carbons (Fsp3) is 0.182. The Morgan fingerprint density at radius 3 is 2.52 bits per heavy atom. The molecular weight excluding hydrogens is 340 g/mol. The highest BCUT2D eigenvalue weighted by Crippen LogP contribution is 2.26. The van der Waals surface area contributed by atoms with Crippen molar-refractivity contribution in [3.63, 3.8) is 0 Å².